The molecule has 0 saturated carbocycles. The van der Waals surface area contributed by atoms with Gasteiger partial charge in [-0.15, -0.1) is 21.5 Å². The normalized spacial score (nSPS) is 11.1. The first kappa shape index (κ1) is 29.2. The van der Waals surface area contributed by atoms with E-state index >= 15 is 0 Å². The number of amides is 1. The lowest BCUT2D eigenvalue weighted by atomic mass is 10.0. The minimum atomic E-state index is -0.458. The molecule has 10 nitrogen and oxygen atoms in total. The fraction of sp³-hybridized carbons (Fsp3) is 0.233. The number of thiophene rings is 1. The van der Waals surface area contributed by atoms with E-state index in [9.17, 15) is 19.5 Å². The molecule has 0 atom stereocenters. The van der Waals surface area contributed by atoms with Gasteiger partial charge < -0.3 is 19.7 Å². The van der Waals surface area contributed by atoms with Crippen LogP contribution in [0.3, 0.4) is 0 Å². The number of esters is 1. The van der Waals surface area contributed by atoms with E-state index in [1.165, 1.54) is 11.3 Å². The second-order valence-electron chi connectivity index (χ2n) is 9.28. The Balaban J connectivity index is 1.48. The Morgan fingerprint density at radius 3 is 2.48 bits per heavy atom. The van der Waals surface area contributed by atoms with Crippen LogP contribution in [0.15, 0.2) is 60.7 Å². The van der Waals surface area contributed by atoms with Crippen LogP contribution in [-0.2, 0) is 35.6 Å². The lowest BCUT2D eigenvalue weighted by Gasteiger charge is -2.12. The number of carbonyl (C=O) groups excluding carboxylic acids is 3. The Labute approximate surface area is 250 Å². The first-order chi connectivity index (χ1) is 20.4. The summed E-state index contributed by atoms with van der Waals surface area (Å²) in [6.45, 7) is 3.30. The molecule has 5 aromatic rings. The van der Waals surface area contributed by atoms with Gasteiger partial charge in [0.2, 0.25) is 0 Å². The molecule has 42 heavy (non-hydrogen) atoms. The Morgan fingerprint density at radius 2 is 1.74 bits per heavy atom. The highest BCUT2D eigenvalue weighted by Gasteiger charge is 2.25. The van der Waals surface area contributed by atoms with Crippen LogP contribution >= 0.6 is 22.9 Å². The fourth-order valence-electron chi connectivity index (χ4n) is 4.68. The average molecular weight is 606 g/mol. The number of para-hydroxylation sites is 1. The summed E-state index contributed by atoms with van der Waals surface area (Å²) in [7, 11) is 0. The number of nitrogens with one attached hydrogen (secondary N) is 1. The number of aryl methyl sites for hydroxylation is 1. The number of hydrogen-bond acceptors (Lipinski definition) is 8. The van der Waals surface area contributed by atoms with E-state index in [1.54, 1.807) is 46.4 Å². The third-order valence-electron chi connectivity index (χ3n) is 6.66. The van der Waals surface area contributed by atoms with Crippen LogP contribution in [-0.4, -0.2) is 48.7 Å². The Morgan fingerprint density at radius 1 is 1.00 bits per heavy atom. The van der Waals surface area contributed by atoms with Gasteiger partial charge in [-0.25, -0.2) is 0 Å². The van der Waals surface area contributed by atoms with E-state index in [-0.39, 0.29) is 37.0 Å². The van der Waals surface area contributed by atoms with E-state index in [4.69, 9.17) is 16.3 Å². The van der Waals surface area contributed by atoms with Gasteiger partial charge in [-0.1, -0.05) is 48.9 Å². The number of ketones is 1. The van der Waals surface area contributed by atoms with Crippen molar-refractivity contribution in [2.45, 2.75) is 40.0 Å². The zero-order valence-electron chi connectivity index (χ0n) is 23.0. The molecule has 0 bridgehead atoms. The van der Waals surface area contributed by atoms with Crippen molar-refractivity contribution in [2.75, 3.05) is 6.61 Å². The van der Waals surface area contributed by atoms with Gasteiger partial charge in [0.15, 0.2) is 17.4 Å². The molecule has 0 aliphatic rings. The highest BCUT2D eigenvalue weighted by Crippen LogP contribution is 2.32. The van der Waals surface area contributed by atoms with Gasteiger partial charge >= 0.3 is 5.97 Å². The maximum Gasteiger partial charge on any atom is 0.325 e. The largest absolute Gasteiger partial charge is 0.465 e. The maximum atomic E-state index is 13.6. The van der Waals surface area contributed by atoms with Crippen LogP contribution in [0.1, 0.15) is 56.8 Å². The van der Waals surface area contributed by atoms with Crippen LogP contribution in [0.4, 0.5) is 0 Å². The maximum absolute atomic E-state index is 13.6. The average Bonchev–Trinajstić information content (AvgIpc) is 3.71. The molecular weight excluding hydrogens is 578 g/mol. The molecule has 0 aliphatic carbocycles. The predicted octanol–water partition coefficient (Wildman–Crippen LogP) is 4.72. The number of aliphatic hydroxyl groups is 1. The number of ether oxygens (including phenoxy) is 1. The SMILES string of the molecule is CCOC(=O)Cn1c(C(=O)NCc2nnc(CO)n2-c2sc(CC)cc2C(=O)c2ccccc2Cl)cc2ccccc21. The lowest BCUT2D eigenvalue weighted by Crippen LogP contribution is -2.28. The first-order valence-corrected chi connectivity index (χ1v) is 14.5. The molecule has 0 radical (unpaired) electrons. The van der Waals surface area contributed by atoms with Crippen molar-refractivity contribution in [3.8, 4) is 5.00 Å². The van der Waals surface area contributed by atoms with Gasteiger partial charge in [-0.2, -0.15) is 0 Å². The molecule has 0 fully saturated rings. The van der Waals surface area contributed by atoms with Crippen molar-refractivity contribution < 1.29 is 24.2 Å². The molecule has 1 amide bonds. The van der Waals surface area contributed by atoms with Crippen molar-refractivity contribution in [3.63, 3.8) is 0 Å². The van der Waals surface area contributed by atoms with E-state index in [1.807, 2.05) is 37.3 Å². The quantitative estimate of drug-likeness (QED) is 0.165. The topological polar surface area (TPSA) is 128 Å². The lowest BCUT2D eigenvalue weighted by molar-refractivity contribution is -0.143. The minimum Gasteiger partial charge on any atom is -0.465 e. The summed E-state index contributed by atoms with van der Waals surface area (Å²) in [5.41, 5.74) is 1.73. The van der Waals surface area contributed by atoms with E-state index in [0.29, 0.717) is 33.4 Å². The van der Waals surface area contributed by atoms with E-state index in [0.717, 1.165) is 15.8 Å². The molecule has 5 rings (SSSR count). The van der Waals surface area contributed by atoms with Crippen LogP contribution in [0.2, 0.25) is 5.02 Å². The van der Waals surface area contributed by atoms with Crippen molar-refractivity contribution >= 4 is 51.5 Å². The van der Waals surface area contributed by atoms with Crippen molar-refractivity contribution in [3.05, 3.63) is 99.0 Å². The molecule has 0 unspecified atom stereocenters. The molecule has 2 N–H and O–H groups in total. The number of nitrogens with zero attached hydrogens (tertiary/aromatic N) is 4. The Bertz CT molecular complexity index is 1790. The molecule has 12 heteroatoms. The molecule has 0 spiro atoms. The van der Waals surface area contributed by atoms with Gasteiger partial charge in [-0.05, 0) is 43.7 Å². The molecule has 2 aromatic carbocycles. The summed E-state index contributed by atoms with van der Waals surface area (Å²) in [5, 5.41) is 22.9. The van der Waals surface area contributed by atoms with Gasteiger partial charge in [0.05, 0.1) is 23.7 Å². The van der Waals surface area contributed by atoms with E-state index < -0.39 is 18.5 Å². The summed E-state index contributed by atoms with van der Waals surface area (Å²) in [4.78, 5) is 40.4. The highest BCUT2D eigenvalue weighted by molar-refractivity contribution is 7.15. The molecule has 0 aliphatic heterocycles. The van der Waals surface area contributed by atoms with Crippen molar-refractivity contribution in [1.82, 2.24) is 24.6 Å². The number of aromatic nitrogens is 4. The second-order valence-corrected chi connectivity index (χ2v) is 10.8. The van der Waals surface area contributed by atoms with Crippen LogP contribution in [0, 0.1) is 0 Å². The smallest absolute Gasteiger partial charge is 0.325 e. The van der Waals surface area contributed by atoms with Gasteiger partial charge in [0, 0.05) is 21.3 Å². The molecular formula is C30H28ClN5O5S. The minimum absolute atomic E-state index is 0.0636. The molecule has 3 aromatic heterocycles. The molecule has 216 valence electrons. The number of fused-ring (bicyclic) bond motifs is 1. The van der Waals surface area contributed by atoms with E-state index in [2.05, 4.69) is 15.5 Å². The number of aliphatic hydroxyl groups excluding tert-OH is 1. The highest BCUT2D eigenvalue weighted by atomic mass is 35.5. The number of carbonyl (C=O) groups is 3. The summed E-state index contributed by atoms with van der Waals surface area (Å²) >= 11 is 7.72. The second kappa shape index (κ2) is 12.7. The van der Waals surface area contributed by atoms with Gasteiger partial charge in [-0.3, -0.25) is 19.0 Å². The standard InChI is InChI=1S/C30H28ClN5O5S/c1-3-19-14-21(28(39)20-10-6-7-11-22(20)31)30(42-19)36-25(33-34-26(36)17-37)15-32-29(40)24-13-18-9-5-8-12-23(18)35(24)16-27(38)41-4-2/h5-14,37H,3-4,15-17H2,1-2H3,(H,32,40). The Kier molecular flexibility index (Phi) is 8.81. The van der Waals surface area contributed by atoms with Crippen molar-refractivity contribution in [2.24, 2.45) is 0 Å². The summed E-state index contributed by atoms with van der Waals surface area (Å²) in [6, 6.07) is 17.7. The number of hydrogen-bond donors (Lipinski definition) is 2. The number of halogens is 1. The fourth-order valence-corrected chi connectivity index (χ4v) is 6.04. The van der Waals surface area contributed by atoms with Gasteiger partial charge in [0.1, 0.15) is 23.8 Å². The zero-order chi connectivity index (χ0) is 29.8. The molecule has 3 heterocycles. The first-order valence-electron chi connectivity index (χ1n) is 13.3. The summed E-state index contributed by atoms with van der Waals surface area (Å²) in [6.07, 6.45) is 0.682. The monoisotopic (exact) mass is 605 g/mol. The summed E-state index contributed by atoms with van der Waals surface area (Å²) < 4.78 is 8.33. The van der Waals surface area contributed by atoms with Gasteiger partial charge in [0.25, 0.3) is 5.91 Å². The van der Waals surface area contributed by atoms with Crippen LogP contribution in [0.25, 0.3) is 15.9 Å². The molecule has 0 saturated heterocycles. The number of rotatable bonds is 11. The zero-order valence-corrected chi connectivity index (χ0v) is 24.5. The Hall–Kier alpha value is -4.32. The van der Waals surface area contributed by atoms with Crippen LogP contribution < -0.4 is 5.32 Å². The third-order valence-corrected chi connectivity index (χ3v) is 8.25. The van der Waals surface area contributed by atoms with Crippen molar-refractivity contribution in [1.29, 1.82) is 0 Å². The number of benzene rings is 2. The van der Waals surface area contributed by atoms with Crippen LogP contribution in [0.5, 0.6) is 0 Å². The third kappa shape index (κ3) is 5.71. The summed E-state index contributed by atoms with van der Waals surface area (Å²) in [5.74, 6) is -0.641. The predicted molar refractivity (Wildman–Crippen MR) is 159 cm³/mol.